The van der Waals surface area contributed by atoms with Crippen LogP contribution in [0.25, 0.3) is 0 Å². The van der Waals surface area contributed by atoms with Crippen molar-refractivity contribution in [3.05, 3.63) is 25.7 Å². The molecule has 0 aromatic rings. The van der Waals surface area contributed by atoms with Gasteiger partial charge >= 0.3 is 21.7 Å². The van der Waals surface area contributed by atoms with E-state index in [2.05, 4.69) is 25.7 Å². The van der Waals surface area contributed by atoms with Crippen LogP contribution in [0.15, 0.2) is 0 Å². The van der Waals surface area contributed by atoms with Gasteiger partial charge in [-0.25, -0.2) is 0 Å². The Kier molecular flexibility index (Phi) is 23.4. The molecule has 0 amide bonds. The summed E-state index contributed by atoms with van der Waals surface area (Å²) < 4.78 is 0. The number of rotatable bonds is 0. The van der Waals surface area contributed by atoms with Crippen LogP contribution in [0.4, 0.5) is 0 Å². The van der Waals surface area contributed by atoms with Crippen molar-refractivity contribution >= 4 is 0 Å². The van der Waals surface area contributed by atoms with Crippen LogP contribution in [0, 0.1) is 25.7 Å². The van der Waals surface area contributed by atoms with Crippen molar-refractivity contribution in [2.45, 2.75) is 128 Å². The van der Waals surface area contributed by atoms with E-state index in [1.165, 1.54) is 128 Å². The SMILES string of the molecule is [CH-]1CCCCC1.[CH-]1CCCCC1.[CH-]1CCCCC1.[CH-]1CCCCC1.[Ti+4]. The predicted octanol–water partition coefficient (Wildman–Crippen LogP) is 8.62. The second-order valence-electron chi connectivity index (χ2n) is 7.71. The van der Waals surface area contributed by atoms with Crippen LogP contribution in [0.5, 0.6) is 0 Å². The molecule has 4 rings (SSSR count). The molecule has 0 heterocycles. The van der Waals surface area contributed by atoms with Gasteiger partial charge in [0.15, 0.2) is 0 Å². The van der Waals surface area contributed by atoms with Crippen LogP contribution >= 0.6 is 0 Å². The Balaban J connectivity index is 0.000000303. The molecule has 0 unspecified atom stereocenters. The van der Waals surface area contributed by atoms with Gasteiger partial charge in [-0.05, 0) is 0 Å². The van der Waals surface area contributed by atoms with Crippen molar-refractivity contribution in [3.8, 4) is 0 Å². The standard InChI is InChI=1S/4C6H11.Ti/c4*1-2-4-6-5-3-1;/h4*1H,2-6H2;/q4*-1;+4. The maximum Gasteiger partial charge on any atom is 4.00 e. The van der Waals surface area contributed by atoms with Crippen LogP contribution in [-0.4, -0.2) is 0 Å². The summed E-state index contributed by atoms with van der Waals surface area (Å²) in [7, 11) is 0. The Morgan fingerprint density at radius 2 is 0.400 bits per heavy atom. The molecule has 144 valence electrons. The van der Waals surface area contributed by atoms with Gasteiger partial charge in [-0.15, -0.1) is 0 Å². The molecule has 0 radical (unpaired) electrons. The summed E-state index contributed by atoms with van der Waals surface area (Å²) in [6.07, 6.45) is 38.0. The molecule has 0 atom stereocenters. The Morgan fingerprint density at radius 3 is 0.440 bits per heavy atom. The third-order valence-electron chi connectivity index (χ3n) is 5.27. The Labute approximate surface area is 175 Å². The first-order valence-electron chi connectivity index (χ1n) is 11.3. The van der Waals surface area contributed by atoms with Crippen molar-refractivity contribution in [1.29, 1.82) is 0 Å². The third-order valence-corrected chi connectivity index (χ3v) is 5.27. The molecular formula is C24H44Ti. The molecule has 0 saturated heterocycles. The molecule has 4 aliphatic carbocycles. The fourth-order valence-electron chi connectivity index (χ4n) is 3.59. The van der Waals surface area contributed by atoms with Gasteiger partial charge in [-0.3, -0.25) is 0 Å². The number of hydrogen-bond donors (Lipinski definition) is 0. The van der Waals surface area contributed by atoms with E-state index in [1.54, 1.807) is 0 Å². The van der Waals surface area contributed by atoms with Crippen LogP contribution in [0.1, 0.15) is 128 Å². The van der Waals surface area contributed by atoms with Crippen LogP contribution in [0.3, 0.4) is 0 Å². The molecule has 0 bridgehead atoms. The van der Waals surface area contributed by atoms with E-state index in [0.717, 1.165) is 0 Å². The van der Waals surface area contributed by atoms with Crippen LogP contribution in [-0.2, 0) is 21.7 Å². The third kappa shape index (κ3) is 20.9. The van der Waals surface area contributed by atoms with E-state index in [9.17, 15) is 0 Å². The molecule has 1 heteroatoms. The van der Waals surface area contributed by atoms with Gasteiger partial charge in [0, 0.05) is 0 Å². The summed E-state index contributed by atoms with van der Waals surface area (Å²) in [4.78, 5) is 0. The van der Waals surface area contributed by atoms with E-state index in [0.29, 0.717) is 0 Å². The molecule has 0 aromatic heterocycles. The molecule has 0 aromatic carbocycles. The average Bonchev–Trinajstić information content (AvgIpc) is 2.75. The molecule has 4 fully saturated rings. The maximum atomic E-state index is 2.39. The van der Waals surface area contributed by atoms with Gasteiger partial charge in [0.1, 0.15) is 0 Å². The average molecular weight is 380 g/mol. The zero-order valence-corrected chi connectivity index (χ0v) is 18.5. The second-order valence-corrected chi connectivity index (χ2v) is 7.71. The minimum absolute atomic E-state index is 0. The first kappa shape index (κ1) is 25.7. The topological polar surface area (TPSA) is 0 Å². The largest absolute Gasteiger partial charge is 4.00 e. The Bertz CT molecular complexity index is 116. The van der Waals surface area contributed by atoms with E-state index in [1.807, 2.05) is 0 Å². The summed E-state index contributed by atoms with van der Waals surface area (Å²) in [6.45, 7) is 0. The van der Waals surface area contributed by atoms with Gasteiger partial charge in [-0.1, -0.05) is 77.0 Å². The number of hydrogen-bond acceptors (Lipinski definition) is 0. The summed E-state index contributed by atoms with van der Waals surface area (Å²) in [6, 6.07) is 0. The Hall–Kier alpha value is 0.714. The van der Waals surface area contributed by atoms with Gasteiger partial charge in [0.2, 0.25) is 0 Å². The quantitative estimate of drug-likeness (QED) is 0.291. The molecular weight excluding hydrogens is 336 g/mol. The Morgan fingerprint density at radius 1 is 0.240 bits per heavy atom. The van der Waals surface area contributed by atoms with Gasteiger partial charge in [0.25, 0.3) is 0 Å². The second kappa shape index (κ2) is 22.8. The first-order chi connectivity index (χ1) is 12.0. The fourth-order valence-corrected chi connectivity index (χ4v) is 3.59. The van der Waals surface area contributed by atoms with Crippen LogP contribution in [0.2, 0.25) is 0 Å². The molecule has 0 spiro atoms. The van der Waals surface area contributed by atoms with Crippen molar-refractivity contribution < 1.29 is 21.7 Å². The van der Waals surface area contributed by atoms with Crippen LogP contribution < -0.4 is 0 Å². The van der Waals surface area contributed by atoms with E-state index in [4.69, 9.17) is 0 Å². The van der Waals surface area contributed by atoms with Crippen molar-refractivity contribution in [1.82, 2.24) is 0 Å². The molecule has 25 heavy (non-hydrogen) atoms. The van der Waals surface area contributed by atoms with Gasteiger partial charge in [0.05, 0.1) is 0 Å². The summed E-state index contributed by atoms with van der Waals surface area (Å²) in [5, 5.41) is 0. The molecule has 0 aliphatic heterocycles. The monoisotopic (exact) mass is 380 g/mol. The predicted molar refractivity (Wildman–Crippen MR) is 110 cm³/mol. The van der Waals surface area contributed by atoms with E-state index < -0.39 is 0 Å². The maximum absolute atomic E-state index is 2.39. The fraction of sp³-hybridized carbons (Fsp3) is 0.833. The summed E-state index contributed by atoms with van der Waals surface area (Å²) >= 11 is 0. The molecule has 0 N–H and O–H groups in total. The zero-order chi connectivity index (χ0) is 17.0. The van der Waals surface area contributed by atoms with E-state index in [-0.39, 0.29) is 21.7 Å². The molecule has 0 nitrogen and oxygen atoms in total. The molecule has 4 saturated carbocycles. The normalized spacial score (nSPS) is 23.0. The van der Waals surface area contributed by atoms with Crippen molar-refractivity contribution in [2.75, 3.05) is 0 Å². The zero-order valence-electron chi connectivity index (χ0n) is 17.0. The first-order valence-corrected chi connectivity index (χ1v) is 11.3. The minimum Gasteiger partial charge on any atom is -0.328 e. The summed E-state index contributed by atoms with van der Waals surface area (Å²) in [5.74, 6) is 0. The van der Waals surface area contributed by atoms with Gasteiger partial charge < -0.3 is 25.7 Å². The van der Waals surface area contributed by atoms with Crippen molar-refractivity contribution in [2.24, 2.45) is 0 Å². The van der Waals surface area contributed by atoms with Crippen molar-refractivity contribution in [3.63, 3.8) is 0 Å². The van der Waals surface area contributed by atoms with Gasteiger partial charge in [-0.2, -0.15) is 51.4 Å². The summed E-state index contributed by atoms with van der Waals surface area (Å²) in [5.41, 5.74) is 0. The minimum atomic E-state index is 0. The molecule has 4 aliphatic rings. The van der Waals surface area contributed by atoms with E-state index >= 15 is 0 Å². The smallest absolute Gasteiger partial charge is 0.328 e.